The van der Waals surface area contributed by atoms with Crippen molar-refractivity contribution in [2.75, 3.05) is 27.3 Å². The average molecular weight is 341 g/mol. The van der Waals surface area contributed by atoms with Crippen LogP contribution in [-0.4, -0.2) is 39.3 Å². The zero-order valence-corrected chi connectivity index (χ0v) is 14.5. The largest absolute Gasteiger partial charge is 0.493 e. The first-order valence-corrected chi connectivity index (χ1v) is 7.57. The first-order chi connectivity index (χ1) is 10.7. The number of nitrogens with one attached hydrogen (secondary N) is 2. The second-order valence-corrected chi connectivity index (χ2v) is 5.38. The SMILES string of the molecule is C=CCc1cc(C(=O)N[C@H]2CCCNC2)cc(OC)c1OC.Cl. The molecule has 0 aromatic heterocycles. The zero-order valence-electron chi connectivity index (χ0n) is 13.7. The Bertz CT molecular complexity index is 543. The van der Waals surface area contributed by atoms with Crippen LogP contribution in [0.4, 0.5) is 0 Å². The predicted molar refractivity (Wildman–Crippen MR) is 94.1 cm³/mol. The van der Waals surface area contributed by atoms with Gasteiger partial charge in [-0.3, -0.25) is 4.79 Å². The predicted octanol–water partition coefficient (Wildman–Crippen LogP) is 2.34. The number of carbonyl (C=O) groups is 1. The molecule has 1 aliphatic heterocycles. The van der Waals surface area contributed by atoms with Crippen LogP contribution in [0.5, 0.6) is 11.5 Å². The fraction of sp³-hybridized carbons (Fsp3) is 0.471. The lowest BCUT2D eigenvalue weighted by Crippen LogP contribution is -2.45. The molecule has 2 N–H and O–H groups in total. The summed E-state index contributed by atoms with van der Waals surface area (Å²) >= 11 is 0. The molecule has 1 atom stereocenters. The zero-order chi connectivity index (χ0) is 15.9. The summed E-state index contributed by atoms with van der Waals surface area (Å²) in [5.74, 6) is 1.13. The average Bonchev–Trinajstić information content (AvgIpc) is 2.55. The lowest BCUT2D eigenvalue weighted by Gasteiger charge is -2.24. The molecule has 1 saturated heterocycles. The van der Waals surface area contributed by atoms with E-state index in [0.717, 1.165) is 31.5 Å². The van der Waals surface area contributed by atoms with E-state index >= 15 is 0 Å². The highest BCUT2D eigenvalue weighted by atomic mass is 35.5. The highest BCUT2D eigenvalue weighted by Gasteiger charge is 2.19. The van der Waals surface area contributed by atoms with Gasteiger partial charge in [0.2, 0.25) is 0 Å². The van der Waals surface area contributed by atoms with Crippen molar-refractivity contribution in [3.63, 3.8) is 0 Å². The number of hydrogen-bond donors (Lipinski definition) is 2. The van der Waals surface area contributed by atoms with Gasteiger partial charge in [-0.2, -0.15) is 0 Å². The Kier molecular flexibility index (Phi) is 7.92. The number of amides is 1. The second kappa shape index (κ2) is 9.43. The summed E-state index contributed by atoms with van der Waals surface area (Å²) in [6, 6.07) is 3.74. The summed E-state index contributed by atoms with van der Waals surface area (Å²) in [7, 11) is 3.17. The summed E-state index contributed by atoms with van der Waals surface area (Å²) in [5, 5.41) is 6.36. The highest BCUT2D eigenvalue weighted by molar-refractivity contribution is 5.95. The van der Waals surface area contributed by atoms with Crippen molar-refractivity contribution in [2.24, 2.45) is 0 Å². The minimum absolute atomic E-state index is 0. The molecular formula is C17H25ClN2O3. The van der Waals surface area contributed by atoms with Gasteiger partial charge in [-0.1, -0.05) is 6.08 Å². The van der Waals surface area contributed by atoms with Gasteiger partial charge in [0, 0.05) is 23.7 Å². The monoisotopic (exact) mass is 340 g/mol. The Morgan fingerprint density at radius 2 is 2.22 bits per heavy atom. The Morgan fingerprint density at radius 1 is 1.43 bits per heavy atom. The minimum Gasteiger partial charge on any atom is -0.493 e. The summed E-state index contributed by atoms with van der Waals surface area (Å²) in [6.07, 6.45) is 4.49. The molecule has 128 valence electrons. The van der Waals surface area contributed by atoms with Crippen LogP contribution in [0.3, 0.4) is 0 Å². The van der Waals surface area contributed by atoms with Crippen molar-refractivity contribution in [1.29, 1.82) is 0 Å². The lowest BCUT2D eigenvalue weighted by molar-refractivity contribution is 0.0930. The molecule has 23 heavy (non-hydrogen) atoms. The molecule has 0 aliphatic carbocycles. The third kappa shape index (κ3) is 4.88. The number of ether oxygens (including phenoxy) is 2. The molecule has 1 aromatic carbocycles. The van der Waals surface area contributed by atoms with Crippen LogP contribution in [0, 0.1) is 0 Å². The molecule has 1 heterocycles. The number of hydrogen-bond acceptors (Lipinski definition) is 4. The van der Waals surface area contributed by atoms with Crippen LogP contribution >= 0.6 is 12.4 Å². The van der Waals surface area contributed by atoms with Gasteiger partial charge < -0.3 is 20.1 Å². The molecule has 5 nitrogen and oxygen atoms in total. The van der Waals surface area contributed by atoms with Gasteiger partial charge in [0.05, 0.1) is 14.2 Å². The van der Waals surface area contributed by atoms with Crippen molar-refractivity contribution in [3.8, 4) is 11.5 Å². The van der Waals surface area contributed by atoms with Gasteiger partial charge in [-0.05, 0) is 37.9 Å². The fourth-order valence-electron chi connectivity index (χ4n) is 2.73. The van der Waals surface area contributed by atoms with Crippen LogP contribution in [-0.2, 0) is 6.42 Å². The third-order valence-corrected chi connectivity index (χ3v) is 3.81. The summed E-state index contributed by atoms with van der Waals surface area (Å²) < 4.78 is 10.7. The molecule has 2 rings (SSSR count). The normalized spacial score (nSPS) is 16.9. The van der Waals surface area contributed by atoms with Crippen molar-refractivity contribution in [3.05, 3.63) is 35.9 Å². The Morgan fingerprint density at radius 3 is 2.78 bits per heavy atom. The van der Waals surface area contributed by atoms with Crippen LogP contribution in [0.2, 0.25) is 0 Å². The topological polar surface area (TPSA) is 59.6 Å². The molecule has 0 saturated carbocycles. The van der Waals surface area contributed by atoms with Crippen molar-refractivity contribution in [2.45, 2.75) is 25.3 Å². The standard InChI is InChI=1S/C17H24N2O3.ClH/c1-4-6-12-9-13(10-15(21-2)16(12)22-3)17(20)19-14-7-5-8-18-11-14;/h4,9-10,14,18H,1,5-8,11H2,2-3H3,(H,19,20);1H/t14-;/m0./s1. The third-order valence-electron chi connectivity index (χ3n) is 3.81. The van der Waals surface area contributed by atoms with Gasteiger partial charge >= 0.3 is 0 Å². The number of rotatable bonds is 6. The lowest BCUT2D eigenvalue weighted by atomic mass is 10.0. The van der Waals surface area contributed by atoms with E-state index < -0.39 is 0 Å². The maximum absolute atomic E-state index is 12.5. The number of halogens is 1. The van der Waals surface area contributed by atoms with E-state index in [0.29, 0.717) is 23.5 Å². The van der Waals surface area contributed by atoms with E-state index in [9.17, 15) is 4.79 Å². The first kappa shape index (κ1) is 19.3. The number of allylic oxidation sites excluding steroid dienone is 1. The number of piperidine rings is 1. The van der Waals surface area contributed by atoms with E-state index in [2.05, 4.69) is 17.2 Å². The molecule has 0 unspecified atom stereocenters. The quantitative estimate of drug-likeness (QED) is 0.780. The van der Waals surface area contributed by atoms with E-state index in [1.54, 1.807) is 26.4 Å². The molecule has 1 amide bonds. The second-order valence-electron chi connectivity index (χ2n) is 5.38. The van der Waals surface area contributed by atoms with Gasteiger partial charge in [-0.25, -0.2) is 0 Å². The van der Waals surface area contributed by atoms with Crippen molar-refractivity contribution in [1.82, 2.24) is 10.6 Å². The van der Waals surface area contributed by atoms with Gasteiger partial charge in [0.15, 0.2) is 11.5 Å². The van der Waals surface area contributed by atoms with Crippen LogP contribution in [0.25, 0.3) is 0 Å². The van der Waals surface area contributed by atoms with Gasteiger partial charge in [-0.15, -0.1) is 19.0 Å². The highest BCUT2D eigenvalue weighted by Crippen LogP contribution is 2.33. The van der Waals surface area contributed by atoms with Gasteiger partial charge in [0.25, 0.3) is 5.91 Å². The Hall–Kier alpha value is -1.72. The van der Waals surface area contributed by atoms with E-state index in [4.69, 9.17) is 9.47 Å². The molecule has 1 aliphatic rings. The number of benzene rings is 1. The molecule has 1 fully saturated rings. The molecule has 0 spiro atoms. The summed E-state index contributed by atoms with van der Waals surface area (Å²) in [6.45, 7) is 5.59. The van der Waals surface area contributed by atoms with E-state index in [1.165, 1.54) is 0 Å². The molecule has 0 bridgehead atoms. The molecule has 0 radical (unpaired) electrons. The summed E-state index contributed by atoms with van der Waals surface area (Å²) in [4.78, 5) is 12.5. The molecule has 6 heteroatoms. The van der Waals surface area contributed by atoms with Crippen LogP contribution in [0.15, 0.2) is 24.8 Å². The van der Waals surface area contributed by atoms with E-state index in [1.807, 2.05) is 6.07 Å². The van der Waals surface area contributed by atoms with Crippen molar-refractivity contribution < 1.29 is 14.3 Å². The number of carbonyl (C=O) groups excluding carboxylic acids is 1. The van der Waals surface area contributed by atoms with Crippen LogP contribution < -0.4 is 20.1 Å². The number of methoxy groups -OCH3 is 2. The molecule has 1 aromatic rings. The first-order valence-electron chi connectivity index (χ1n) is 7.57. The molecular weight excluding hydrogens is 316 g/mol. The minimum atomic E-state index is -0.0834. The maximum atomic E-state index is 12.5. The Labute approximate surface area is 143 Å². The van der Waals surface area contributed by atoms with Crippen LogP contribution in [0.1, 0.15) is 28.8 Å². The van der Waals surface area contributed by atoms with E-state index in [-0.39, 0.29) is 24.4 Å². The maximum Gasteiger partial charge on any atom is 0.251 e. The van der Waals surface area contributed by atoms with Crippen molar-refractivity contribution >= 4 is 18.3 Å². The summed E-state index contributed by atoms with van der Waals surface area (Å²) in [5.41, 5.74) is 1.48. The van der Waals surface area contributed by atoms with Gasteiger partial charge in [0.1, 0.15) is 0 Å². The smallest absolute Gasteiger partial charge is 0.251 e. The fourth-order valence-corrected chi connectivity index (χ4v) is 2.73. The Balaban J connectivity index is 0.00000264.